The number of nitro benzene ring substituents is 1. The Morgan fingerprint density at radius 3 is 2.60 bits per heavy atom. The lowest BCUT2D eigenvalue weighted by Crippen LogP contribution is -2.10. The van der Waals surface area contributed by atoms with Crippen LogP contribution in [0.1, 0.15) is 18.5 Å². The summed E-state index contributed by atoms with van der Waals surface area (Å²) in [5, 5.41) is 13.7. The molecule has 6 heteroatoms. The summed E-state index contributed by atoms with van der Waals surface area (Å²) in [5.74, 6) is -1.12. The van der Waals surface area contributed by atoms with Gasteiger partial charge in [-0.3, -0.25) is 10.1 Å². The molecule has 2 aromatic rings. The van der Waals surface area contributed by atoms with Gasteiger partial charge in [-0.05, 0) is 31.2 Å². The van der Waals surface area contributed by atoms with Gasteiger partial charge in [0.15, 0.2) is 0 Å². The van der Waals surface area contributed by atoms with Gasteiger partial charge in [0, 0.05) is 11.6 Å². The number of hydrogen-bond acceptors (Lipinski definition) is 3. The Kier molecular flexibility index (Phi) is 3.93. The molecule has 1 unspecified atom stereocenters. The molecule has 20 heavy (non-hydrogen) atoms. The van der Waals surface area contributed by atoms with Crippen LogP contribution in [0.5, 0.6) is 0 Å². The van der Waals surface area contributed by atoms with Crippen LogP contribution in [-0.2, 0) is 0 Å². The third-order valence-electron chi connectivity index (χ3n) is 2.90. The highest BCUT2D eigenvalue weighted by Gasteiger charge is 2.17. The first-order valence-corrected chi connectivity index (χ1v) is 5.94. The molecule has 0 spiro atoms. The quantitative estimate of drug-likeness (QED) is 0.678. The van der Waals surface area contributed by atoms with Crippen molar-refractivity contribution in [3.8, 4) is 0 Å². The first-order chi connectivity index (χ1) is 9.49. The number of anilines is 1. The van der Waals surface area contributed by atoms with E-state index >= 15 is 0 Å². The van der Waals surface area contributed by atoms with E-state index in [1.807, 2.05) is 0 Å². The molecule has 0 radical (unpaired) electrons. The molecule has 1 N–H and O–H groups in total. The first kappa shape index (κ1) is 13.9. The molecule has 2 aromatic carbocycles. The maximum atomic E-state index is 13.6. The highest BCUT2D eigenvalue weighted by Crippen LogP contribution is 2.28. The Labute approximate surface area is 114 Å². The maximum absolute atomic E-state index is 13.6. The predicted octanol–water partition coefficient (Wildman–Crippen LogP) is 4.05. The molecule has 0 aliphatic carbocycles. The van der Waals surface area contributed by atoms with Crippen LogP contribution in [-0.4, -0.2) is 4.92 Å². The van der Waals surface area contributed by atoms with Crippen molar-refractivity contribution >= 4 is 11.4 Å². The Morgan fingerprint density at radius 2 is 1.90 bits per heavy atom. The number of rotatable bonds is 4. The van der Waals surface area contributed by atoms with E-state index in [0.29, 0.717) is 0 Å². The summed E-state index contributed by atoms with van der Waals surface area (Å²) in [7, 11) is 0. The molecule has 0 saturated carbocycles. The molecule has 4 nitrogen and oxygen atoms in total. The number of nitrogens with one attached hydrogen (secondary N) is 1. The van der Waals surface area contributed by atoms with Crippen LogP contribution in [0.3, 0.4) is 0 Å². The maximum Gasteiger partial charge on any atom is 0.292 e. The molecule has 0 saturated heterocycles. The standard InChI is InChI=1S/C14H12F2N2O2/c1-9(11-8-10(15)6-7-12(11)16)17-13-4-2-3-5-14(13)18(19)20/h2-9,17H,1H3. The molecule has 0 bridgehead atoms. The molecule has 2 rings (SSSR count). The topological polar surface area (TPSA) is 55.2 Å². The van der Waals surface area contributed by atoms with Gasteiger partial charge in [0.1, 0.15) is 17.3 Å². The average Bonchev–Trinajstić information content (AvgIpc) is 2.41. The van der Waals surface area contributed by atoms with Gasteiger partial charge in [-0.15, -0.1) is 0 Å². The van der Waals surface area contributed by atoms with Crippen LogP contribution in [0, 0.1) is 21.7 Å². The predicted molar refractivity (Wildman–Crippen MR) is 71.5 cm³/mol. The second-order valence-electron chi connectivity index (χ2n) is 4.31. The summed E-state index contributed by atoms with van der Waals surface area (Å²) >= 11 is 0. The third kappa shape index (κ3) is 2.90. The van der Waals surface area contributed by atoms with Crippen molar-refractivity contribution in [3.05, 3.63) is 69.8 Å². The molecular weight excluding hydrogens is 266 g/mol. The van der Waals surface area contributed by atoms with Crippen molar-refractivity contribution in [1.29, 1.82) is 0 Å². The van der Waals surface area contributed by atoms with E-state index in [-0.39, 0.29) is 16.9 Å². The normalized spacial score (nSPS) is 11.9. The van der Waals surface area contributed by atoms with E-state index in [2.05, 4.69) is 5.32 Å². The minimum absolute atomic E-state index is 0.114. The van der Waals surface area contributed by atoms with Crippen molar-refractivity contribution in [2.45, 2.75) is 13.0 Å². The summed E-state index contributed by atoms with van der Waals surface area (Å²) in [6, 6.07) is 8.55. The van der Waals surface area contributed by atoms with Gasteiger partial charge >= 0.3 is 0 Å². The summed E-state index contributed by atoms with van der Waals surface area (Å²) in [6.45, 7) is 1.61. The molecule has 0 fully saturated rings. The number of benzene rings is 2. The van der Waals surface area contributed by atoms with Crippen molar-refractivity contribution in [3.63, 3.8) is 0 Å². The van der Waals surface area contributed by atoms with Gasteiger partial charge < -0.3 is 5.32 Å². The Balaban J connectivity index is 2.30. The summed E-state index contributed by atoms with van der Waals surface area (Å²) in [4.78, 5) is 10.4. The van der Waals surface area contributed by atoms with Crippen LogP contribution in [0.15, 0.2) is 42.5 Å². The van der Waals surface area contributed by atoms with Gasteiger partial charge in [0.25, 0.3) is 5.69 Å². The van der Waals surface area contributed by atoms with Crippen molar-refractivity contribution in [1.82, 2.24) is 0 Å². The first-order valence-electron chi connectivity index (χ1n) is 5.94. The monoisotopic (exact) mass is 278 g/mol. The third-order valence-corrected chi connectivity index (χ3v) is 2.90. The average molecular weight is 278 g/mol. The number of hydrogen-bond donors (Lipinski definition) is 1. The van der Waals surface area contributed by atoms with E-state index < -0.39 is 22.6 Å². The Bertz CT molecular complexity index is 647. The fourth-order valence-corrected chi connectivity index (χ4v) is 1.91. The van der Waals surface area contributed by atoms with E-state index in [0.717, 1.165) is 18.2 Å². The Morgan fingerprint density at radius 1 is 1.20 bits per heavy atom. The van der Waals surface area contributed by atoms with E-state index in [9.17, 15) is 18.9 Å². The summed E-state index contributed by atoms with van der Waals surface area (Å²) in [6.07, 6.45) is 0. The molecule has 104 valence electrons. The number of halogens is 2. The Hall–Kier alpha value is -2.50. The lowest BCUT2D eigenvalue weighted by atomic mass is 10.1. The van der Waals surface area contributed by atoms with Crippen LogP contribution >= 0.6 is 0 Å². The molecule has 1 atom stereocenters. The molecule has 0 amide bonds. The fraction of sp³-hybridized carbons (Fsp3) is 0.143. The zero-order chi connectivity index (χ0) is 14.7. The molecule has 0 aromatic heterocycles. The van der Waals surface area contributed by atoms with E-state index in [1.165, 1.54) is 18.2 Å². The summed E-state index contributed by atoms with van der Waals surface area (Å²) < 4.78 is 26.8. The molecule has 0 heterocycles. The van der Waals surface area contributed by atoms with Crippen molar-refractivity contribution < 1.29 is 13.7 Å². The minimum Gasteiger partial charge on any atom is -0.373 e. The van der Waals surface area contributed by atoms with Gasteiger partial charge in [0.05, 0.1) is 11.0 Å². The van der Waals surface area contributed by atoms with Gasteiger partial charge in [0.2, 0.25) is 0 Å². The SMILES string of the molecule is CC(Nc1ccccc1[N+](=O)[O-])c1cc(F)ccc1F. The highest BCUT2D eigenvalue weighted by molar-refractivity contribution is 5.62. The zero-order valence-corrected chi connectivity index (χ0v) is 10.6. The minimum atomic E-state index is -0.605. The highest BCUT2D eigenvalue weighted by atomic mass is 19.1. The second kappa shape index (κ2) is 5.64. The lowest BCUT2D eigenvalue weighted by molar-refractivity contribution is -0.384. The number of para-hydroxylation sites is 2. The van der Waals surface area contributed by atoms with Gasteiger partial charge in [-0.2, -0.15) is 0 Å². The van der Waals surface area contributed by atoms with Gasteiger partial charge in [-0.1, -0.05) is 12.1 Å². The summed E-state index contributed by atoms with van der Waals surface area (Å²) in [5.41, 5.74) is 0.257. The van der Waals surface area contributed by atoms with Crippen LogP contribution in [0.4, 0.5) is 20.2 Å². The largest absolute Gasteiger partial charge is 0.373 e. The molecule has 0 aliphatic rings. The number of nitrogens with zero attached hydrogens (tertiary/aromatic N) is 1. The lowest BCUT2D eigenvalue weighted by Gasteiger charge is -2.16. The molecular formula is C14H12F2N2O2. The fourth-order valence-electron chi connectivity index (χ4n) is 1.91. The van der Waals surface area contributed by atoms with Gasteiger partial charge in [-0.25, -0.2) is 8.78 Å². The zero-order valence-electron chi connectivity index (χ0n) is 10.6. The van der Waals surface area contributed by atoms with E-state index in [1.54, 1.807) is 13.0 Å². The smallest absolute Gasteiger partial charge is 0.292 e. The molecule has 0 aliphatic heterocycles. The van der Waals surface area contributed by atoms with Crippen LogP contribution in [0.25, 0.3) is 0 Å². The number of nitro groups is 1. The van der Waals surface area contributed by atoms with Crippen molar-refractivity contribution in [2.24, 2.45) is 0 Å². The van der Waals surface area contributed by atoms with Crippen LogP contribution in [0.2, 0.25) is 0 Å². The van der Waals surface area contributed by atoms with Crippen molar-refractivity contribution in [2.75, 3.05) is 5.32 Å². The van der Waals surface area contributed by atoms with Crippen LogP contribution < -0.4 is 5.32 Å². The van der Waals surface area contributed by atoms with E-state index in [4.69, 9.17) is 0 Å². The second-order valence-corrected chi connectivity index (χ2v) is 4.31.